The minimum absolute atomic E-state index is 0.117. The van der Waals surface area contributed by atoms with Crippen LogP contribution >= 0.6 is 0 Å². The molecule has 0 fully saturated rings. The molecule has 0 unspecified atom stereocenters. The molecule has 3 N–H and O–H groups in total. The van der Waals surface area contributed by atoms with Gasteiger partial charge in [-0.3, -0.25) is 5.01 Å². The Balaban J connectivity index is 2.54. The van der Waals surface area contributed by atoms with Crippen LogP contribution in [0.4, 0.5) is 0 Å². The fourth-order valence-electron chi connectivity index (χ4n) is 0.685. The fourth-order valence-corrected chi connectivity index (χ4v) is 0.685. The Morgan fingerprint density at radius 2 is 2.30 bits per heavy atom. The lowest BCUT2D eigenvalue weighted by Crippen LogP contribution is -2.51. The van der Waals surface area contributed by atoms with Gasteiger partial charge in [-0.05, 0) is 13.8 Å². The van der Waals surface area contributed by atoms with Gasteiger partial charge in [0.1, 0.15) is 0 Å². The van der Waals surface area contributed by atoms with E-state index in [-0.39, 0.29) is 12.1 Å². The van der Waals surface area contributed by atoms with E-state index in [1.165, 1.54) is 0 Å². The van der Waals surface area contributed by atoms with Crippen molar-refractivity contribution < 1.29 is 5.11 Å². The van der Waals surface area contributed by atoms with E-state index in [4.69, 9.17) is 5.11 Å². The van der Waals surface area contributed by atoms with Crippen molar-refractivity contribution in [2.75, 3.05) is 6.61 Å². The van der Waals surface area contributed by atoms with E-state index in [1.54, 1.807) is 6.20 Å². The minimum atomic E-state index is -0.250. The molecule has 4 heteroatoms. The standard InChI is InChI=1S/C6H13N3O/c1-6(2,5-10)9-4-3-7-8-9/h3-4,7-8,10H,5H2,1-2H3. The van der Waals surface area contributed by atoms with Crippen LogP contribution in [0.1, 0.15) is 13.8 Å². The average molecular weight is 143 g/mol. The highest BCUT2D eigenvalue weighted by Crippen LogP contribution is 2.11. The number of rotatable bonds is 2. The lowest BCUT2D eigenvalue weighted by molar-refractivity contribution is 0.0588. The van der Waals surface area contributed by atoms with Gasteiger partial charge in [-0.2, -0.15) is 0 Å². The average Bonchev–Trinajstić information content (AvgIpc) is 2.38. The van der Waals surface area contributed by atoms with Crippen molar-refractivity contribution >= 4 is 0 Å². The summed E-state index contributed by atoms with van der Waals surface area (Å²) in [4.78, 5) is 0. The van der Waals surface area contributed by atoms with Crippen LogP contribution in [-0.2, 0) is 0 Å². The summed E-state index contributed by atoms with van der Waals surface area (Å²) in [5.41, 5.74) is 5.41. The molecule has 0 spiro atoms. The molecule has 0 saturated carbocycles. The SMILES string of the molecule is CC(C)(CO)N1C=CNN1. The summed E-state index contributed by atoms with van der Waals surface area (Å²) in [6.45, 7) is 4.00. The quantitative estimate of drug-likeness (QED) is 0.490. The van der Waals surface area contributed by atoms with Gasteiger partial charge >= 0.3 is 0 Å². The van der Waals surface area contributed by atoms with Gasteiger partial charge in [0.05, 0.1) is 12.1 Å². The van der Waals surface area contributed by atoms with E-state index in [2.05, 4.69) is 11.0 Å². The molecule has 0 bridgehead atoms. The van der Waals surface area contributed by atoms with Crippen LogP contribution in [0.25, 0.3) is 0 Å². The first-order valence-corrected chi connectivity index (χ1v) is 3.25. The van der Waals surface area contributed by atoms with E-state index < -0.39 is 0 Å². The number of nitrogens with zero attached hydrogens (tertiary/aromatic N) is 1. The fraction of sp³-hybridized carbons (Fsp3) is 0.667. The zero-order valence-electron chi connectivity index (χ0n) is 6.26. The Bertz CT molecular complexity index is 144. The molecule has 10 heavy (non-hydrogen) atoms. The van der Waals surface area contributed by atoms with Crippen molar-refractivity contribution in [1.82, 2.24) is 16.0 Å². The summed E-state index contributed by atoms with van der Waals surface area (Å²) >= 11 is 0. The first kappa shape index (κ1) is 7.37. The summed E-state index contributed by atoms with van der Waals surface area (Å²) < 4.78 is 0. The van der Waals surface area contributed by atoms with E-state index in [0.29, 0.717) is 0 Å². The normalized spacial score (nSPS) is 17.7. The van der Waals surface area contributed by atoms with Crippen LogP contribution in [0, 0.1) is 0 Å². The maximum absolute atomic E-state index is 8.91. The monoisotopic (exact) mass is 143 g/mol. The highest BCUT2D eigenvalue weighted by Gasteiger charge is 2.24. The Morgan fingerprint density at radius 3 is 2.70 bits per heavy atom. The van der Waals surface area contributed by atoms with Crippen molar-refractivity contribution in [1.29, 1.82) is 0 Å². The lowest BCUT2D eigenvalue weighted by atomic mass is 10.1. The largest absolute Gasteiger partial charge is 0.394 e. The van der Waals surface area contributed by atoms with Crippen molar-refractivity contribution in [2.45, 2.75) is 19.4 Å². The molecule has 1 heterocycles. The van der Waals surface area contributed by atoms with Gasteiger partial charge in [0, 0.05) is 12.4 Å². The van der Waals surface area contributed by atoms with Gasteiger partial charge in [-0.25, -0.2) is 0 Å². The van der Waals surface area contributed by atoms with Gasteiger partial charge in [0.15, 0.2) is 0 Å². The third kappa shape index (κ3) is 1.22. The Kier molecular flexibility index (Phi) is 1.82. The molecule has 0 aromatic rings. The van der Waals surface area contributed by atoms with Crippen LogP contribution in [0.5, 0.6) is 0 Å². The summed E-state index contributed by atoms with van der Waals surface area (Å²) in [5.74, 6) is 0. The predicted octanol–water partition coefficient (Wildman–Crippen LogP) is -0.447. The Hall–Kier alpha value is -0.740. The third-order valence-electron chi connectivity index (χ3n) is 1.53. The first-order chi connectivity index (χ1) is 4.67. The van der Waals surface area contributed by atoms with Crippen molar-refractivity contribution in [3.05, 3.63) is 12.4 Å². The molecular weight excluding hydrogens is 130 g/mol. The molecule has 0 atom stereocenters. The van der Waals surface area contributed by atoms with Crippen LogP contribution < -0.4 is 11.0 Å². The minimum Gasteiger partial charge on any atom is -0.394 e. The lowest BCUT2D eigenvalue weighted by Gasteiger charge is -2.32. The number of hydrogen-bond acceptors (Lipinski definition) is 4. The Morgan fingerprint density at radius 1 is 1.60 bits per heavy atom. The maximum Gasteiger partial charge on any atom is 0.0748 e. The summed E-state index contributed by atoms with van der Waals surface area (Å²) in [5, 5.41) is 10.7. The molecule has 58 valence electrons. The first-order valence-electron chi connectivity index (χ1n) is 3.25. The molecule has 0 saturated heterocycles. The molecule has 0 amide bonds. The van der Waals surface area contributed by atoms with Gasteiger partial charge < -0.3 is 10.5 Å². The smallest absolute Gasteiger partial charge is 0.0748 e. The second-order valence-electron chi connectivity index (χ2n) is 2.91. The number of nitrogens with one attached hydrogen (secondary N) is 2. The molecule has 0 aliphatic carbocycles. The number of aliphatic hydroxyl groups excluding tert-OH is 1. The number of aliphatic hydroxyl groups is 1. The molecule has 4 nitrogen and oxygen atoms in total. The summed E-state index contributed by atoms with van der Waals surface area (Å²) in [6, 6.07) is 0. The van der Waals surface area contributed by atoms with Crippen LogP contribution in [0.2, 0.25) is 0 Å². The van der Waals surface area contributed by atoms with Crippen molar-refractivity contribution in [2.24, 2.45) is 0 Å². The molecule has 0 aromatic carbocycles. The zero-order chi connectivity index (χ0) is 7.61. The number of hydrogen-bond donors (Lipinski definition) is 3. The predicted molar refractivity (Wildman–Crippen MR) is 38.4 cm³/mol. The van der Waals surface area contributed by atoms with Crippen molar-refractivity contribution in [3.63, 3.8) is 0 Å². The second-order valence-corrected chi connectivity index (χ2v) is 2.91. The van der Waals surface area contributed by atoms with Crippen LogP contribution in [0.3, 0.4) is 0 Å². The van der Waals surface area contributed by atoms with Crippen LogP contribution in [-0.4, -0.2) is 22.3 Å². The van der Waals surface area contributed by atoms with E-state index >= 15 is 0 Å². The summed E-state index contributed by atoms with van der Waals surface area (Å²) in [7, 11) is 0. The van der Waals surface area contributed by atoms with Gasteiger partial charge in [-0.15, -0.1) is 5.53 Å². The molecule has 0 aromatic heterocycles. The van der Waals surface area contributed by atoms with Gasteiger partial charge in [-0.1, -0.05) is 0 Å². The van der Waals surface area contributed by atoms with E-state index in [1.807, 2.05) is 25.1 Å². The van der Waals surface area contributed by atoms with E-state index in [0.717, 1.165) is 0 Å². The Labute approximate surface area is 60.5 Å². The van der Waals surface area contributed by atoms with E-state index in [9.17, 15) is 0 Å². The molecule has 1 rings (SSSR count). The highest BCUT2D eigenvalue weighted by atomic mass is 16.3. The molecule has 1 aliphatic heterocycles. The topological polar surface area (TPSA) is 47.5 Å². The van der Waals surface area contributed by atoms with Crippen molar-refractivity contribution in [3.8, 4) is 0 Å². The molecule has 0 radical (unpaired) electrons. The molecule has 1 aliphatic rings. The third-order valence-corrected chi connectivity index (χ3v) is 1.53. The number of hydrazine groups is 2. The highest BCUT2D eigenvalue weighted by molar-refractivity contribution is 4.91. The molecular formula is C6H13N3O. The second kappa shape index (κ2) is 2.48. The zero-order valence-corrected chi connectivity index (χ0v) is 6.26. The van der Waals surface area contributed by atoms with Gasteiger partial charge in [0.2, 0.25) is 0 Å². The van der Waals surface area contributed by atoms with Crippen LogP contribution in [0.15, 0.2) is 12.4 Å². The summed E-state index contributed by atoms with van der Waals surface area (Å²) in [6.07, 6.45) is 3.62. The maximum atomic E-state index is 8.91. The van der Waals surface area contributed by atoms with Gasteiger partial charge in [0.25, 0.3) is 0 Å².